The Morgan fingerprint density at radius 1 is 1.45 bits per heavy atom. The number of amides is 1. The summed E-state index contributed by atoms with van der Waals surface area (Å²) in [5.41, 5.74) is 1.19. The zero-order valence-corrected chi connectivity index (χ0v) is 12.6. The molecule has 1 amide bonds. The van der Waals surface area contributed by atoms with Crippen LogP contribution >= 0.6 is 0 Å². The van der Waals surface area contributed by atoms with Crippen molar-refractivity contribution in [2.75, 3.05) is 6.54 Å². The molecule has 1 saturated carbocycles. The number of hydrogen-bond acceptors (Lipinski definition) is 3. The number of nitrogens with zero attached hydrogens (tertiary/aromatic N) is 2. The van der Waals surface area contributed by atoms with Gasteiger partial charge in [-0.1, -0.05) is 19.3 Å². The Hall–Kier alpha value is -1.36. The highest BCUT2D eigenvalue weighted by molar-refractivity contribution is 5.81. The number of nitrogens with one attached hydrogen (secondary N) is 2. The first kappa shape index (κ1) is 15.0. The molecule has 1 aliphatic carbocycles. The molecule has 0 saturated heterocycles. The Kier molecular flexibility index (Phi) is 5.59. The van der Waals surface area contributed by atoms with E-state index in [-0.39, 0.29) is 11.9 Å². The molecule has 5 heteroatoms. The highest BCUT2D eigenvalue weighted by atomic mass is 16.2. The van der Waals surface area contributed by atoms with Crippen molar-refractivity contribution >= 4 is 5.91 Å². The van der Waals surface area contributed by atoms with Gasteiger partial charge in [0, 0.05) is 25.8 Å². The second kappa shape index (κ2) is 7.43. The first-order valence-electron chi connectivity index (χ1n) is 7.66. The maximum Gasteiger partial charge on any atom is 0.237 e. The van der Waals surface area contributed by atoms with Crippen molar-refractivity contribution in [3.05, 3.63) is 18.0 Å². The van der Waals surface area contributed by atoms with E-state index in [1.807, 2.05) is 26.4 Å². The summed E-state index contributed by atoms with van der Waals surface area (Å²) in [4.78, 5) is 12.1. The Morgan fingerprint density at radius 3 is 2.85 bits per heavy atom. The second-order valence-corrected chi connectivity index (χ2v) is 5.79. The van der Waals surface area contributed by atoms with Crippen LogP contribution in [0, 0.1) is 0 Å². The molecule has 5 nitrogen and oxygen atoms in total. The second-order valence-electron chi connectivity index (χ2n) is 5.79. The quantitative estimate of drug-likeness (QED) is 0.827. The molecule has 0 radical (unpaired) electrons. The predicted octanol–water partition coefficient (Wildman–Crippen LogP) is 1.39. The van der Waals surface area contributed by atoms with E-state index in [9.17, 15) is 4.79 Å². The highest BCUT2D eigenvalue weighted by Gasteiger charge is 2.18. The molecule has 1 heterocycles. The summed E-state index contributed by atoms with van der Waals surface area (Å²) < 4.78 is 1.80. The van der Waals surface area contributed by atoms with Gasteiger partial charge in [-0.25, -0.2) is 0 Å². The Balaban J connectivity index is 1.65. The van der Waals surface area contributed by atoms with Crippen molar-refractivity contribution in [1.29, 1.82) is 0 Å². The van der Waals surface area contributed by atoms with Gasteiger partial charge in [-0.15, -0.1) is 0 Å². The van der Waals surface area contributed by atoms with E-state index in [1.165, 1.54) is 24.8 Å². The summed E-state index contributed by atoms with van der Waals surface area (Å²) in [7, 11) is 1.91. The molecule has 1 unspecified atom stereocenters. The SMILES string of the molecule is CC(NCCc1cnn(C)c1)C(=O)NC1CCCCC1. The van der Waals surface area contributed by atoms with Crippen LogP contribution in [-0.2, 0) is 18.3 Å². The van der Waals surface area contributed by atoms with Crippen LogP contribution in [0.1, 0.15) is 44.6 Å². The van der Waals surface area contributed by atoms with E-state index >= 15 is 0 Å². The number of aryl methyl sites for hydroxylation is 1. The van der Waals surface area contributed by atoms with Crippen LogP contribution < -0.4 is 10.6 Å². The first-order chi connectivity index (χ1) is 9.65. The highest BCUT2D eigenvalue weighted by Crippen LogP contribution is 2.17. The van der Waals surface area contributed by atoms with Gasteiger partial charge in [0.2, 0.25) is 5.91 Å². The molecule has 1 atom stereocenters. The summed E-state index contributed by atoms with van der Waals surface area (Å²) in [5.74, 6) is 0.128. The van der Waals surface area contributed by atoms with Gasteiger partial charge in [0.05, 0.1) is 12.2 Å². The topological polar surface area (TPSA) is 59.0 Å². The lowest BCUT2D eigenvalue weighted by atomic mass is 9.95. The third-order valence-corrected chi connectivity index (χ3v) is 3.97. The molecular weight excluding hydrogens is 252 g/mol. The molecule has 20 heavy (non-hydrogen) atoms. The van der Waals surface area contributed by atoms with Crippen LogP contribution in [0.3, 0.4) is 0 Å². The average molecular weight is 278 g/mol. The smallest absolute Gasteiger partial charge is 0.237 e. The number of aromatic nitrogens is 2. The minimum atomic E-state index is -0.131. The molecule has 0 spiro atoms. The van der Waals surface area contributed by atoms with Crippen molar-refractivity contribution < 1.29 is 4.79 Å². The molecule has 1 aromatic heterocycles. The van der Waals surface area contributed by atoms with Crippen LogP contribution in [0.2, 0.25) is 0 Å². The minimum absolute atomic E-state index is 0.128. The summed E-state index contributed by atoms with van der Waals surface area (Å²) in [5, 5.41) is 10.6. The van der Waals surface area contributed by atoms with Gasteiger partial charge in [-0.3, -0.25) is 9.48 Å². The van der Waals surface area contributed by atoms with Crippen LogP contribution in [-0.4, -0.2) is 34.3 Å². The van der Waals surface area contributed by atoms with Crippen molar-refractivity contribution in [3.8, 4) is 0 Å². The van der Waals surface area contributed by atoms with Crippen LogP contribution in [0.25, 0.3) is 0 Å². The zero-order valence-electron chi connectivity index (χ0n) is 12.6. The van der Waals surface area contributed by atoms with Gasteiger partial charge in [-0.2, -0.15) is 5.10 Å². The molecule has 1 aliphatic rings. The van der Waals surface area contributed by atoms with Crippen molar-refractivity contribution in [2.45, 2.75) is 57.5 Å². The third kappa shape index (κ3) is 4.63. The minimum Gasteiger partial charge on any atom is -0.352 e. The molecule has 0 bridgehead atoms. The summed E-state index contributed by atoms with van der Waals surface area (Å²) in [6.07, 6.45) is 10.8. The first-order valence-corrected chi connectivity index (χ1v) is 7.66. The van der Waals surface area contributed by atoms with E-state index in [4.69, 9.17) is 0 Å². The zero-order chi connectivity index (χ0) is 14.4. The van der Waals surface area contributed by atoms with Gasteiger partial charge >= 0.3 is 0 Å². The van der Waals surface area contributed by atoms with E-state index in [2.05, 4.69) is 15.7 Å². The summed E-state index contributed by atoms with van der Waals surface area (Å²) in [6.45, 7) is 2.73. The third-order valence-electron chi connectivity index (χ3n) is 3.97. The molecular formula is C15H26N4O. The van der Waals surface area contributed by atoms with E-state index < -0.39 is 0 Å². The Labute approximate surface area is 121 Å². The number of rotatable bonds is 6. The standard InChI is InChI=1S/C15H26N4O/c1-12(15(20)18-14-6-4-3-5-7-14)16-9-8-13-10-17-19(2)11-13/h10-12,14,16H,3-9H2,1-2H3,(H,18,20). The summed E-state index contributed by atoms with van der Waals surface area (Å²) >= 11 is 0. The van der Waals surface area contributed by atoms with Crippen molar-refractivity contribution in [1.82, 2.24) is 20.4 Å². The van der Waals surface area contributed by atoms with Crippen molar-refractivity contribution in [2.24, 2.45) is 7.05 Å². The fourth-order valence-corrected chi connectivity index (χ4v) is 2.70. The molecule has 2 N–H and O–H groups in total. The average Bonchev–Trinajstić information content (AvgIpc) is 2.85. The maximum absolute atomic E-state index is 12.1. The fraction of sp³-hybridized carbons (Fsp3) is 0.733. The molecule has 1 fully saturated rings. The van der Waals surface area contributed by atoms with Gasteiger partial charge in [0.15, 0.2) is 0 Å². The molecule has 1 aromatic rings. The van der Waals surface area contributed by atoms with Crippen LogP contribution in [0.4, 0.5) is 0 Å². The lowest BCUT2D eigenvalue weighted by Gasteiger charge is -2.24. The maximum atomic E-state index is 12.1. The molecule has 2 rings (SSSR count). The predicted molar refractivity (Wildman–Crippen MR) is 79.4 cm³/mol. The monoisotopic (exact) mass is 278 g/mol. The summed E-state index contributed by atoms with van der Waals surface area (Å²) in [6, 6.07) is 0.257. The molecule has 0 aliphatic heterocycles. The number of carbonyl (C=O) groups is 1. The van der Waals surface area contributed by atoms with Gasteiger partial charge < -0.3 is 10.6 Å². The van der Waals surface area contributed by atoms with Crippen LogP contribution in [0.15, 0.2) is 12.4 Å². The van der Waals surface area contributed by atoms with Gasteiger partial charge in [-0.05, 0) is 31.7 Å². The molecule has 0 aromatic carbocycles. The van der Waals surface area contributed by atoms with Crippen molar-refractivity contribution in [3.63, 3.8) is 0 Å². The largest absolute Gasteiger partial charge is 0.352 e. The van der Waals surface area contributed by atoms with Gasteiger partial charge in [0.1, 0.15) is 0 Å². The normalized spacial score (nSPS) is 17.9. The van der Waals surface area contributed by atoms with E-state index in [0.717, 1.165) is 25.8 Å². The lowest BCUT2D eigenvalue weighted by molar-refractivity contribution is -0.123. The lowest BCUT2D eigenvalue weighted by Crippen LogP contribution is -2.47. The number of hydrogen-bond donors (Lipinski definition) is 2. The Bertz CT molecular complexity index is 423. The van der Waals surface area contributed by atoms with E-state index in [1.54, 1.807) is 4.68 Å². The van der Waals surface area contributed by atoms with E-state index in [0.29, 0.717) is 6.04 Å². The van der Waals surface area contributed by atoms with Crippen LogP contribution in [0.5, 0.6) is 0 Å². The Morgan fingerprint density at radius 2 is 2.20 bits per heavy atom. The fourth-order valence-electron chi connectivity index (χ4n) is 2.70. The molecule has 112 valence electrons. The van der Waals surface area contributed by atoms with Gasteiger partial charge in [0.25, 0.3) is 0 Å². The number of carbonyl (C=O) groups excluding carboxylic acids is 1.